The van der Waals surface area contributed by atoms with E-state index in [1.54, 1.807) is 19.1 Å². The third-order valence-corrected chi connectivity index (χ3v) is 4.69. The number of carbonyl (C=O) groups excluding carboxylic acids is 3. The Hall–Kier alpha value is -2.90. The molecule has 0 bridgehead atoms. The molecule has 1 aliphatic rings. The molecule has 2 unspecified atom stereocenters. The summed E-state index contributed by atoms with van der Waals surface area (Å²) in [6.07, 6.45) is 1.73. The lowest BCUT2D eigenvalue weighted by Gasteiger charge is -2.22. The van der Waals surface area contributed by atoms with E-state index in [1.165, 1.54) is 0 Å². The number of rotatable bonds is 8. The minimum absolute atomic E-state index is 0.290. The Balaban J connectivity index is 2.09. The molecule has 1 aromatic carbocycles. The molecule has 2 rings (SSSR count). The third-order valence-electron chi connectivity index (χ3n) is 4.69. The first kappa shape index (κ1) is 20.4. The molecule has 0 saturated carbocycles. The molecule has 1 saturated heterocycles. The zero-order chi connectivity index (χ0) is 20.2. The van der Waals surface area contributed by atoms with Crippen LogP contribution in [0.4, 0.5) is 4.79 Å². The summed E-state index contributed by atoms with van der Waals surface area (Å²) in [5.74, 6) is -2.37. The van der Waals surface area contributed by atoms with Gasteiger partial charge in [0.2, 0.25) is 5.91 Å². The fourth-order valence-electron chi connectivity index (χ4n) is 2.97. The van der Waals surface area contributed by atoms with Crippen molar-refractivity contribution in [2.24, 2.45) is 0 Å². The van der Waals surface area contributed by atoms with Crippen LogP contribution in [-0.2, 0) is 19.9 Å². The number of carboxylic acids is 1. The number of nitrogens with one attached hydrogen (secondary N) is 2. The highest BCUT2D eigenvalue weighted by Gasteiger charge is 2.49. The van der Waals surface area contributed by atoms with E-state index in [0.717, 1.165) is 16.9 Å². The number of carbonyl (C=O) groups is 4. The van der Waals surface area contributed by atoms with E-state index in [2.05, 4.69) is 10.6 Å². The number of nitrogens with zero attached hydrogens (tertiary/aromatic N) is 1. The van der Waals surface area contributed by atoms with Gasteiger partial charge in [-0.2, -0.15) is 0 Å². The molecule has 27 heavy (non-hydrogen) atoms. The van der Waals surface area contributed by atoms with E-state index in [-0.39, 0.29) is 0 Å². The number of aryl methyl sites for hydroxylation is 1. The lowest BCUT2D eigenvalue weighted by atomic mass is 9.91. The fraction of sp³-hybridized carbons (Fsp3) is 0.474. The molecule has 1 heterocycles. The summed E-state index contributed by atoms with van der Waals surface area (Å²) in [5, 5.41) is 14.2. The van der Waals surface area contributed by atoms with Crippen molar-refractivity contribution in [1.82, 2.24) is 15.5 Å². The zero-order valence-electron chi connectivity index (χ0n) is 15.7. The first-order valence-corrected chi connectivity index (χ1v) is 8.92. The lowest BCUT2D eigenvalue weighted by Crippen LogP contribution is -2.47. The lowest BCUT2D eigenvalue weighted by molar-refractivity contribution is -0.142. The van der Waals surface area contributed by atoms with Crippen LogP contribution >= 0.6 is 0 Å². The molecular weight excluding hydrogens is 350 g/mol. The van der Waals surface area contributed by atoms with E-state index in [9.17, 15) is 24.3 Å². The smallest absolute Gasteiger partial charge is 0.326 e. The minimum Gasteiger partial charge on any atom is -0.480 e. The van der Waals surface area contributed by atoms with Crippen LogP contribution in [0.15, 0.2) is 24.3 Å². The topological polar surface area (TPSA) is 116 Å². The van der Waals surface area contributed by atoms with Crippen molar-refractivity contribution < 1.29 is 24.3 Å². The van der Waals surface area contributed by atoms with Gasteiger partial charge >= 0.3 is 12.0 Å². The third kappa shape index (κ3) is 4.45. The van der Waals surface area contributed by atoms with Gasteiger partial charge in [0.25, 0.3) is 5.91 Å². The maximum Gasteiger partial charge on any atom is 0.326 e. The Morgan fingerprint density at radius 1 is 1.26 bits per heavy atom. The van der Waals surface area contributed by atoms with Crippen LogP contribution in [0.5, 0.6) is 0 Å². The van der Waals surface area contributed by atoms with Gasteiger partial charge < -0.3 is 15.7 Å². The van der Waals surface area contributed by atoms with Crippen molar-refractivity contribution in [3.05, 3.63) is 35.4 Å². The summed E-state index contributed by atoms with van der Waals surface area (Å²) in [5.41, 5.74) is 0.363. The van der Waals surface area contributed by atoms with Crippen LogP contribution in [0, 0.1) is 6.92 Å². The van der Waals surface area contributed by atoms with Gasteiger partial charge in [-0.05, 0) is 25.8 Å². The van der Waals surface area contributed by atoms with Gasteiger partial charge in [0.1, 0.15) is 18.1 Å². The van der Waals surface area contributed by atoms with Crippen molar-refractivity contribution in [3.8, 4) is 0 Å². The van der Waals surface area contributed by atoms with E-state index >= 15 is 0 Å². The van der Waals surface area contributed by atoms with Gasteiger partial charge in [-0.15, -0.1) is 0 Å². The summed E-state index contributed by atoms with van der Waals surface area (Å²) in [7, 11) is 0. The maximum absolute atomic E-state index is 12.8. The van der Waals surface area contributed by atoms with E-state index in [1.807, 2.05) is 26.0 Å². The van der Waals surface area contributed by atoms with E-state index < -0.39 is 41.9 Å². The molecule has 4 amide bonds. The average molecular weight is 375 g/mol. The summed E-state index contributed by atoms with van der Waals surface area (Å²) in [6.45, 7) is 4.88. The first-order valence-electron chi connectivity index (χ1n) is 8.92. The second-order valence-corrected chi connectivity index (χ2v) is 6.91. The Labute approximate surface area is 157 Å². The molecule has 0 aromatic heterocycles. The highest BCUT2D eigenvalue weighted by molar-refractivity contribution is 6.09. The van der Waals surface area contributed by atoms with Gasteiger partial charge in [0.15, 0.2) is 0 Å². The standard InChI is InChI=1S/C19H25N3O5/c1-4-5-6-14(16(24)25)20-15(23)11-22-17(26)19(3,21-18(22)27)13-9-7-12(2)8-10-13/h7-10,14H,4-6,11H2,1-3H3,(H,20,23)(H,21,27)(H,24,25). The Bertz CT molecular complexity index is 746. The van der Waals surface area contributed by atoms with Crippen LogP contribution in [-0.4, -0.2) is 46.4 Å². The number of unbranched alkanes of at least 4 members (excludes halogenated alkanes) is 1. The number of imide groups is 1. The quantitative estimate of drug-likeness (QED) is 0.596. The normalized spacial score (nSPS) is 20.3. The largest absolute Gasteiger partial charge is 0.480 e. The molecule has 0 spiro atoms. The molecule has 0 aliphatic carbocycles. The second kappa shape index (κ2) is 8.20. The van der Waals surface area contributed by atoms with Crippen LogP contribution in [0.3, 0.4) is 0 Å². The summed E-state index contributed by atoms with van der Waals surface area (Å²) < 4.78 is 0. The Morgan fingerprint density at radius 3 is 2.44 bits per heavy atom. The van der Waals surface area contributed by atoms with Gasteiger partial charge in [-0.3, -0.25) is 14.5 Å². The molecule has 146 valence electrons. The molecule has 2 atom stereocenters. The molecule has 3 N–H and O–H groups in total. The Morgan fingerprint density at radius 2 is 1.89 bits per heavy atom. The highest BCUT2D eigenvalue weighted by atomic mass is 16.4. The van der Waals surface area contributed by atoms with Gasteiger partial charge in [0.05, 0.1) is 0 Å². The van der Waals surface area contributed by atoms with E-state index in [4.69, 9.17) is 0 Å². The van der Waals surface area contributed by atoms with Crippen molar-refractivity contribution >= 4 is 23.8 Å². The van der Waals surface area contributed by atoms with Crippen molar-refractivity contribution in [2.45, 2.75) is 51.6 Å². The Kier molecular flexibility index (Phi) is 6.20. The van der Waals surface area contributed by atoms with Gasteiger partial charge in [-0.1, -0.05) is 49.6 Å². The predicted octanol–water partition coefficient (Wildman–Crippen LogP) is 1.52. The summed E-state index contributed by atoms with van der Waals surface area (Å²) in [4.78, 5) is 49.3. The van der Waals surface area contributed by atoms with E-state index in [0.29, 0.717) is 18.4 Å². The number of hydrogen-bond acceptors (Lipinski definition) is 4. The van der Waals surface area contributed by atoms with Crippen LogP contribution in [0.1, 0.15) is 44.2 Å². The molecule has 1 aromatic rings. The van der Waals surface area contributed by atoms with Crippen molar-refractivity contribution in [1.29, 1.82) is 0 Å². The SMILES string of the molecule is CCCCC(NC(=O)CN1C(=O)NC(C)(c2ccc(C)cc2)C1=O)C(=O)O. The van der Waals surface area contributed by atoms with Crippen LogP contribution < -0.4 is 10.6 Å². The zero-order valence-corrected chi connectivity index (χ0v) is 15.7. The van der Waals surface area contributed by atoms with Crippen LogP contribution in [0.25, 0.3) is 0 Å². The maximum atomic E-state index is 12.8. The van der Waals surface area contributed by atoms with Gasteiger partial charge in [0, 0.05) is 0 Å². The molecule has 8 nitrogen and oxygen atoms in total. The average Bonchev–Trinajstić information content (AvgIpc) is 2.83. The molecule has 1 aliphatic heterocycles. The monoisotopic (exact) mass is 375 g/mol. The number of carboxylic acid groups (broad SMARTS) is 1. The molecular formula is C19H25N3O5. The second-order valence-electron chi connectivity index (χ2n) is 6.91. The van der Waals surface area contributed by atoms with Crippen molar-refractivity contribution in [3.63, 3.8) is 0 Å². The molecule has 8 heteroatoms. The number of benzene rings is 1. The molecule has 0 radical (unpaired) electrons. The number of aliphatic carboxylic acids is 1. The number of urea groups is 1. The molecule has 1 fully saturated rings. The summed E-state index contributed by atoms with van der Waals surface area (Å²) in [6, 6.07) is 5.45. The van der Waals surface area contributed by atoms with Gasteiger partial charge in [-0.25, -0.2) is 9.59 Å². The minimum atomic E-state index is -1.26. The van der Waals surface area contributed by atoms with Crippen LogP contribution in [0.2, 0.25) is 0 Å². The van der Waals surface area contributed by atoms with Crippen molar-refractivity contribution in [2.75, 3.05) is 6.54 Å². The number of hydrogen-bond donors (Lipinski definition) is 3. The first-order chi connectivity index (χ1) is 12.7. The summed E-state index contributed by atoms with van der Waals surface area (Å²) >= 11 is 0. The number of amides is 4. The highest BCUT2D eigenvalue weighted by Crippen LogP contribution is 2.28. The fourth-order valence-corrected chi connectivity index (χ4v) is 2.97. The predicted molar refractivity (Wildman–Crippen MR) is 97.9 cm³/mol.